The number of hydrogen-bond donors (Lipinski definition) is 0. The van der Waals surface area contributed by atoms with E-state index in [1.807, 2.05) is 0 Å². The average molecular weight is 381 g/mol. The quantitative estimate of drug-likeness (QED) is 0.557. The van der Waals surface area contributed by atoms with E-state index in [-0.39, 0.29) is 33.4 Å². The Hall–Kier alpha value is -0.890. The van der Waals surface area contributed by atoms with Crippen molar-refractivity contribution in [3.8, 4) is 0 Å². The van der Waals surface area contributed by atoms with E-state index in [9.17, 15) is 13.2 Å². The van der Waals surface area contributed by atoms with Gasteiger partial charge in [0.15, 0.2) is 9.84 Å². The maximum atomic E-state index is 12.8. The summed E-state index contributed by atoms with van der Waals surface area (Å²) in [5.74, 6) is -0.359. The fourth-order valence-corrected chi connectivity index (χ4v) is 4.62. The molecule has 1 atom stereocenters. The highest BCUT2D eigenvalue weighted by molar-refractivity contribution is 7.91. The third kappa shape index (κ3) is 4.79. The van der Waals surface area contributed by atoms with Gasteiger partial charge in [-0.1, -0.05) is 23.2 Å². The molecule has 0 N–H and O–H groups in total. The number of amides is 1. The number of carbonyl (C=O) groups excluding carboxylic acids is 1. The first-order valence-corrected chi connectivity index (χ1v) is 9.74. The summed E-state index contributed by atoms with van der Waals surface area (Å²) in [5.41, 5.74) is 0.0425. The molecule has 23 heavy (non-hydrogen) atoms. The molecule has 0 aliphatic carbocycles. The summed E-state index contributed by atoms with van der Waals surface area (Å²) in [7, 11) is -1.54. The Morgan fingerprint density at radius 3 is 2.78 bits per heavy atom. The highest BCUT2D eigenvalue weighted by Gasteiger charge is 2.35. The molecule has 0 spiro atoms. The van der Waals surface area contributed by atoms with Crippen LogP contribution in [0.1, 0.15) is 23.3 Å². The van der Waals surface area contributed by atoms with E-state index in [1.165, 1.54) is 17.0 Å². The number of aromatic nitrogens is 1. The Balaban J connectivity index is 2.25. The molecule has 6 nitrogen and oxygen atoms in total. The van der Waals surface area contributed by atoms with Gasteiger partial charge in [-0.2, -0.15) is 0 Å². The van der Waals surface area contributed by atoms with Crippen molar-refractivity contribution in [2.75, 3.05) is 31.8 Å². The van der Waals surface area contributed by atoms with Crippen LogP contribution in [0.15, 0.2) is 12.1 Å². The van der Waals surface area contributed by atoms with Crippen molar-refractivity contribution < 1.29 is 17.9 Å². The number of rotatable bonds is 6. The lowest BCUT2D eigenvalue weighted by atomic mass is 10.2. The molecule has 1 amide bonds. The van der Waals surface area contributed by atoms with Crippen LogP contribution in [0.25, 0.3) is 0 Å². The molecule has 0 aromatic carbocycles. The Labute approximate surface area is 145 Å². The minimum atomic E-state index is -3.11. The molecule has 1 aliphatic heterocycles. The number of halogens is 2. The minimum Gasteiger partial charge on any atom is -0.385 e. The summed E-state index contributed by atoms with van der Waals surface area (Å²) in [6.07, 6.45) is 1.01. The van der Waals surface area contributed by atoms with E-state index >= 15 is 0 Å². The molecule has 0 bridgehead atoms. The summed E-state index contributed by atoms with van der Waals surface area (Å²) < 4.78 is 28.5. The second-order valence-electron chi connectivity index (χ2n) is 5.37. The summed E-state index contributed by atoms with van der Waals surface area (Å²) in [6.45, 7) is 0.845. The Morgan fingerprint density at radius 1 is 1.43 bits per heavy atom. The van der Waals surface area contributed by atoms with Gasteiger partial charge < -0.3 is 9.64 Å². The van der Waals surface area contributed by atoms with Crippen LogP contribution in [0.2, 0.25) is 10.2 Å². The number of carbonyl (C=O) groups is 1. The first-order chi connectivity index (χ1) is 10.8. The van der Waals surface area contributed by atoms with Gasteiger partial charge in [0.2, 0.25) is 0 Å². The number of pyridine rings is 1. The molecule has 1 aromatic heterocycles. The smallest absolute Gasteiger partial charge is 0.274 e. The minimum absolute atomic E-state index is 0.0378. The third-order valence-electron chi connectivity index (χ3n) is 3.67. The van der Waals surface area contributed by atoms with Crippen molar-refractivity contribution in [1.82, 2.24) is 9.88 Å². The molecular formula is C14H18Cl2N2O4S. The molecular weight excluding hydrogens is 363 g/mol. The monoisotopic (exact) mass is 380 g/mol. The highest BCUT2D eigenvalue weighted by Crippen LogP contribution is 2.23. The van der Waals surface area contributed by atoms with Crippen molar-refractivity contribution >= 4 is 38.9 Å². The standard InChI is InChI=1S/C14H18Cl2N2O4S/c1-22-7-2-6-18(10-5-8-23(20,21)9-10)14(19)13-11(15)3-4-12(16)17-13/h3-4,10H,2,5-9H2,1H3. The Morgan fingerprint density at radius 2 is 2.17 bits per heavy atom. The van der Waals surface area contributed by atoms with Crippen LogP contribution >= 0.6 is 23.2 Å². The maximum Gasteiger partial charge on any atom is 0.274 e. The molecule has 1 fully saturated rings. The molecule has 9 heteroatoms. The number of methoxy groups -OCH3 is 1. The van der Waals surface area contributed by atoms with Gasteiger partial charge in [-0.25, -0.2) is 13.4 Å². The van der Waals surface area contributed by atoms with Crippen molar-refractivity contribution in [2.24, 2.45) is 0 Å². The van der Waals surface area contributed by atoms with Crippen LogP contribution in [0.5, 0.6) is 0 Å². The van der Waals surface area contributed by atoms with E-state index in [0.29, 0.717) is 26.0 Å². The lowest BCUT2D eigenvalue weighted by molar-refractivity contribution is 0.0668. The molecule has 128 valence electrons. The van der Waals surface area contributed by atoms with Crippen molar-refractivity contribution in [2.45, 2.75) is 18.9 Å². The second kappa shape index (κ2) is 7.79. The van der Waals surface area contributed by atoms with Crippen LogP contribution in [0.4, 0.5) is 0 Å². The molecule has 1 saturated heterocycles. The van der Waals surface area contributed by atoms with E-state index in [1.54, 1.807) is 7.11 Å². The summed E-state index contributed by atoms with van der Waals surface area (Å²) in [5, 5.41) is 0.352. The third-order valence-corrected chi connectivity index (χ3v) is 5.94. The summed E-state index contributed by atoms with van der Waals surface area (Å²) in [4.78, 5) is 18.3. The second-order valence-corrected chi connectivity index (χ2v) is 8.39. The highest BCUT2D eigenvalue weighted by atomic mass is 35.5. The van der Waals surface area contributed by atoms with E-state index < -0.39 is 15.7 Å². The number of sulfone groups is 1. The first kappa shape index (κ1) is 18.4. The van der Waals surface area contributed by atoms with Gasteiger partial charge in [0.1, 0.15) is 10.8 Å². The number of nitrogens with zero attached hydrogens (tertiary/aromatic N) is 2. The fraction of sp³-hybridized carbons (Fsp3) is 0.571. The normalized spacial score (nSPS) is 19.7. The van der Waals surface area contributed by atoms with Gasteiger partial charge in [0.05, 0.1) is 16.5 Å². The molecule has 0 saturated carbocycles. The van der Waals surface area contributed by atoms with Gasteiger partial charge in [-0.05, 0) is 25.0 Å². The lowest BCUT2D eigenvalue weighted by Gasteiger charge is -2.28. The molecule has 1 aromatic rings. The maximum absolute atomic E-state index is 12.8. The van der Waals surface area contributed by atoms with Gasteiger partial charge >= 0.3 is 0 Å². The van der Waals surface area contributed by atoms with Crippen LogP contribution in [0, 0.1) is 0 Å². The molecule has 1 aliphatic rings. The summed E-state index contributed by atoms with van der Waals surface area (Å²) >= 11 is 11.9. The number of ether oxygens (including phenoxy) is 1. The van der Waals surface area contributed by atoms with Gasteiger partial charge in [0, 0.05) is 26.3 Å². The lowest BCUT2D eigenvalue weighted by Crippen LogP contribution is -2.42. The van der Waals surface area contributed by atoms with Crippen LogP contribution in [-0.4, -0.2) is 62.0 Å². The van der Waals surface area contributed by atoms with E-state index in [0.717, 1.165) is 0 Å². The first-order valence-electron chi connectivity index (χ1n) is 7.16. The van der Waals surface area contributed by atoms with Crippen molar-refractivity contribution in [3.05, 3.63) is 28.0 Å². The molecule has 1 unspecified atom stereocenters. The van der Waals surface area contributed by atoms with Gasteiger partial charge in [0.25, 0.3) is 5.91 Å². The van der Waals surface area contributed by atoms with Gasteiger partial charge in [-0.15, -0.1) is 0 Å². The van der Waals surface area contributed by atoms with E-state index in [4.69, 9.17) is 27.9 Å². The van der Waals surface area contributed by atoms with Crippen LogP contribution in [0.3, 0.4) is 0 Å². The van der Waals surface area contributed by atoms with Crippen LogP contribution < -0.4 is 0 Å². The zero-order chi connectivity index (χ0) is 17.0. The predicted molar refractivity (Wildman–Crippen MR) is 88.8 cm³/mol. The Bertz CT molecular complexity index is 681. The van der Waals surface area contributed by atoms with Crippen molar-refractivity contribution in [3.63, 3.8) is 0 Å². The SMILES string of the molecule is COCCCN(C(=O)c1nc(Cl)ccc1Cl)C1CCS(=O)(=O)C1. The van der Waals surface area contributed by atoms with E-state index in [2.05, 4.69) is 4.98 Å². The topological polar surface area (TPSA) is 76.6 Å². The fourth-order valence-electron chi connectivity index (χ4n) is 2.55. The molecule has 0 radical (unpaired) electrons. The Kier molecular flexibility index (Phi) is 6.25. The predicted octanol–water partition coefficient (Wildman–Crippen LogP) is 2.05. The van der Waals surface area contributed by atoms with Crippen LogP contribution in [-0.2, 0) is 14.6 Å². The summed E-state index contributed by atoms with van der Waals surface area (Å²) in [6, 6.07) is 2.62. The van der Waals surface area contributed by atoms with Crippen molar-refractivity contribution in [1.29, 1.82) is 0 Å². The zero-order valence-electron chi connectivity index (χ0n) is 12.7. The van der Waals surface area contributed by atoms with Gasteiger partial charge in [-0.3, -0.25) is 4.79 Å². The average Bonchev–Trinajstić information content (AvgIpc) is 2.85. The molecule has 2 rings (SSSR count). The largest absolute Gasteiger partial charge is 0.385 e. The zero-order valence-corrected chi connectivity index (χ0v) is 15.0. The molecule has 2 heterocycles. The number of hydrogen-bond acceptors (Lipinski definition) is 5.